The minimum atomic E-state index is 0.729. The van der Waals surface area contributed by atoms with Crippen LogP contribution in [0, 0.1) is 0 Å². The molecule has 0 saturated heterocycles. The van der Waals surface area contributed by atoms with Crippen molar-refractivity contribution in [3.05, 3.63) is 76.5 Å². The number of rotatable bonds is 7. The smallest absolute Gasteiger partial charge is 0.134 e. The van der Waals surface area contributed by atoms with Crippen LogP contribution in [0.3, 0.4) is 0 Å². The molecule has 0 spiro atoms. The summed E-state index contributed by atoms with van der Waals surface area (Å²) in [6, 6.07) is 20.3. The molecule has 4 heteroatoms. The van der Waals surface area contributed by atoms with Crippen molar-refractivity contribution in [3.63, 3.8) is 0 Å². The van der Waals surface area contributed by atoms with Crippen molar-refractivity contribution < 1.29 is 9.15 Å². The first-order valence-corrected chi connectivity index (χ1v) is 8.72. The van der Waals surface area contributed by atoms with Gasteiger partial charge in [-0.05, 0) is 54.9 Å². The fourth-order valence-corrected chi connectivity index (χ4v) is 2.74. The van der Waals surface area contributed by atoms with Gasteiger partial charge in [-0.25, -0.2) is 0 Å². The quantitative estimate of drug-likeness (QED) is 0.577. The second kappa shape index (κ2) is 8.18. The monoisotopic (exact) mass is 385 g/mol. The van der Waals surface area contributed by atoms with E-state index in [0.29, 0.717) is 0 Å². The van der Waals surface area contributed by atoms with Gasteiger partial charge in [0.2, 0.25) is 0 Å². The molecule has 1 aromatic heterocycles. The molecule has 0 aliphatic carbocycles. The van der Waals surface area contributed by atoms with E-state index in [1.54, 1.807) is 7.11 Å². The Morgan fingerprint density at radius 1 is 0.958 bits per heavy atom. The van der Waals surface area contributed by atoms with Crippen molar-refractivity contribution in [3.8, 4) is 17.1 Å². The lowest BCUT2D eigenvalue weighted by Crippen LogP contribution is -2.16. The van der Waals surface area contributed by atoms with Crippen LogP contribution in [0.5, 0.6) is 5.75 Å². The standard InChI is InChI=1S/C20H20BrNO2/c1-23-18-8-2-15(3-9-18)12-13-22-14-19-10-11-20(24-19)16-4-6-17(21)7-5-16/h2-11,22H,12-14H2,1H3. The summed E-state index contributed by atoms with van der Waals surface area (Å²) >= 11 is 3.44. The predicted molar refractivity (Wildman–Crippen MR) is 100 cm³/mol. The van der Waals surface area contributed by atoms with Crippen LogP contribution in [-0.2, 0) is 13.0 Å². The Morgan fingerprint density at radius 2 is 1.71 bits per heavy atom. The minimum absolute atomic E-state index is 0.729. The zero-order valence-corrected chi connectivity index (χ0v) is 15.2. The highest BCUT2D eigenvalue weighted by atomic mass is 79.9. The SMILES string of the molecule is COc1ccc(CCNCc2ccc(-c3ccc(Br)cc3)o2)cc1. The van der Waals surface area contributed by atoms with E-state index >= 15 is 0 Å². The van der Waals surface area contributed by atoms with Crippen molar-refractivity contribution in [2.45, 2.75) is 13.0 Å². The first-order chi connectivity index (χ1) is 11.7. The van der Waals surface area contributed by atoms with Crippen LogP contribution in [0.15, 0.2) is 69.6 Å². The Kier molecular flexibility index (Phi) is 5.72. The molecule has 0 radical (unpaired) electrons. The number of hydrogen-bond acceptors (Lipinski definition) is 3. The molecule has 0 aliphatic rings. The maximum absolute atomic E-state index is 5.90. The fraction of sp³-hybridized carbons (Fsp3) is 0.200. The molecule has 3 rings (SSSR count). The van der Waals surface area contributed by atoms with Crippen LogP contribution < -0.4 is 10.1 Å². The van der Waals surface area contributed by atoms with Gasteiger partial charge in [-0.15, -0.1) is 0 Å². The average molecular weight is 386 g/mol. The minimum Gasteiger partial charge on any atom is -0.497 e. The van der Waals surface area contributed by atoms with Crippen LogP contribution in [0.2, 0.25) is 0 Å². The second-order valence-electron chi connectivity index (χ2n) is 5.55. The Balaban J connectivity index is 1.47. The number of nitrogens with one attached hydrogen (secondary N) is 1. The molecule has 0 aliphatic heterocycles. The third-order valence-corrected chi connectivity index (χ3v) is 4.37. The Bertz CT molecular complexity index is 763. The van der Waals surface area contributed by atoms with Crippen LogP contribution in [0.4, 0.5) is 0 Å². The van der Waals surface area contributed by atoms with Gasteiger partial charge in [0.15, 0.2) is 0 Å². The number of furan rings is 1. The molecule has 24 heavy (non-hydrogen) atoms. The van der Waals surface area contributed by atoms with E-state index in [0.717, 1.165) is 46.8 Å². The summed E-state index contributed by atoms with van der Waals surface area (Å²) in [7, 11) is 1.68. The summed E-state index contributed by atoms with van der Waals surface area (Å²) in [5.41, 5.74) is 2.38. The van der Waals surface area contributed by atoms with Gasteiger partial charge < -0.3 is 14.5 Å². The van der Waals surface area contributed by atoms with E-state index in [4.69, 9.17) is 9.15 Å². The third-order valence-electron chi connectivity index (χ3n) is 3.84. The van der Waals surface area contributed by atoms with Crippen molar-refractivity contribution >= 4 is 15.9 Å². The summed E-state index contributed by atoms with van der Waals surface area (Å²) in [5, 5.41) is 3.42. The lowest BCUT2D eigenvalue weighted by molar-refractivity contribution is 0.414. The molecular weight excluding hydrogens is 366 g/mol. The molecule has 1 heterocycles. The summed E-state index contributed by atoms with van der Waals surface area (Å²) in [5.74, 6) is 2.74. The summed E-state index contributed by atoms with van der Waals surface area (Å²) < 4.78 is 12.1. The predicted octanol–water partition coefficient (Wildman–Crippen LogP) is 5.05. The lowest BCUT2D eigenvalue weighted by atomic mass is 10.1. The summed E-state index contributed by atoms with van der Waals surface area (Å²) in [6.45, 7) is 1.63. The fourth-order valence-electron chi connectivity index (χ4n) is 2.48. The summed E-state index contributed by atoms with van der Waals surface area (Å²) in [6.07, 6.45) is 0.976. The van der Waals surface area contributed by atoms with Gasteiger partial charge in [0.1, 0.15) is 17.3 Å². The highest BCUT2D eigenvalue weighted by molar-refractivity contribution is 9.10. The zero-order chi connectivity index (χ0) is 16.8. The maximum Gasteiger partial charge on any atom is 0.134 e. The third kappa shape index (κ3) is 4.49. The second-order valence-corrected chi connectivity index (χ2v) is 6.46. The molecule has 3 nitrogen and oxygen atoms in total. The molecule has 0 unspecified atom stereocenters. The number of benzene rings is 2. The first kappa shape index (κ1) is 16.8. The largest absolute Gasteiger partial charge is 0.497 e. The van der Waals surface area contributed by atoms with Crippen molar-refractivity contribution in [2.24, 2.45) is 0 Å². The number of methoxy groups -OCH3 is 1. The molecule has 0 saturated carbocycles. The van der Waals surface area contributed by atoms with Crippen molar-refractivity contribution in [2.75, 3.05) is 13.7 Å². The maximum atomic E-state index is 5.90. The molecule has 1 N–H and O–H groups in total. The zero-order valence-electron chi connectivity index (χ0n) is 13.6. The Hall–Kier alpha value is -2.04. The number of hydrogen-bond donors (Lipinski definition) is 1. The summed E-state index contributed by atoms with van der Waals surface area (Å²) in [4.78, 5) is 0. The normalized spacial score (nSPS) is 10.8. The molecule has 0 amide bonds. The molecule has 124 valence electrons. The molecule has 3 aromatic rings. The van der Waals surface area contributed by atoms with E-state index in [2.05, 4.69) is 33.4 Å². The van der Waals surface area contributed by atoms with Gasteiger partial charge in [0.25, 0.3) is 0 Å². The van der Waals surface area contributed by atoms with E-state index in [9.17, 15) is 0 Å². The lowest BCUT2D eigenvalue weighted by Gasteiger charge is -2.05. The Morgan fingerprint density at radius 3 is 2.42 bits per heavy atom. The van der Waals surface area contributed by atoms with Gasteiger partial charge in [0, 0.05) is 10.0 Å². The average Bonchev–Trinajstić information content (AvgIpc) is 3.09. The van der Waals surface area contributed by atoms with Crippen LogP contribution in [-0.4, -0.2) is 13.7 Å². The first-order valence-electron chi connectivity index (χ1n) is 7.93. The Labute approximate surface area is 150 Å². The van der Waals surface area contributed by atoms with Crippen LogP contribution >= 0.6 is 15.9 Å². The molecule has 0 atom stereocenters. The molecule has 2 aromatic carbocycles. The van der Waals surface area contributed by atoms with E-state index in [1.807, 2.05) is 48.5 Å². The topological polar surface area (TPSA) is 34.4 Å². The van der Waals surface area contributed by atoms with Gasteiger partial charge in [0.05, 0.1) is 13.7 Å². The van der Waals surface area contributed by atoms with Gasteiger partial charge in [-0.1, -0.05) is 40.2 Å². The highest BCUT2D eigenvalue weighted by Gasteiger charge is 2.04. The van der Waals surface area contributed by atoms with Crippen molar-refractivity contribution in [1.29, 1.82) is 0 Å². The van der Waals surface area contributed by atoms with Crippen LogP contribution in [0.25, 0.3) is 11.3 Å². The highest BCUT2D eigenvalue weighted by Crippen LogP contribution is 2.23. The van der Waals surface area contributed by atoms with Gasteiger partial charge in [-0.3, -0.25) is 0 Å². The van der Waals surface area contributed by atoms with Crippen molar-refractivity contribution in [1.82, 2.24) is 5.32 Å². The van der Waals surface area contributed by atoms with Gasteiger partial charge >= 0.3 is 0 Å². The van der Waals surface area contributed by atoms with Crippen LogP contribution in [0.1, 0.15) is 11.3 Å². The number of ether oxygens (including phenoxy) is 1. The molecule has 0 fully saturated rings. The van der Waals surface area contributed by atoms with E-state index in [-0.39, 0.29) is 0 Å². The van der Waals surface area contributed by atoms with E-state index < -0.39 is 0 Å². The number of halogens is 1. The molecule has 0 bridgehead atoms. The van der Waals surface area contributed by atoms with Gasteiger partial charge in [-0.2, -0.15) is 0 Å². The molecular formula is C20H20BrNO2. The van der Waals surface area contributed by atoms with E-state index in [1.165, 1.54) is 5.56 Å².